The first kappa shape index (κ1) is 15.8. The van der Waals surface area contributed by atoms with Crippen molar-refractivity contribution in [2.75, 3.05) is 10.6 Å². The predicted molar refractivity (Wildman–Crippen MR) is 89.1 cm³/mol. The average Bonchev–Trinajstić information content (AvgIpc) is 2.46. The molecule has 2 aromatic carbocycles. The molecule has 0 atom stereocenters. The quantitative estimate of drug-likeness (QED) is 0.833. The van der Waals surface area contributed by atoms with Gasteiger partial charge in [-0.15, -0.1) is 0 Å². The van der Waals surface area contributed by atoms with Crippen molar-refractivity contribution in [2.24, 2.45) is 0 Å². The highest BCUT2D eigenvalue weighted by molar-refractivity contribution is 6.43. The van der Waals surface area contributed by atoms with E-state index in [4.69, 9.17) is 0 Å². The van der Waals surface area contributed by atoms with Gasteiger partial charge in [0.05, 0.1) is 0 Å². The van der Waals surface area contributed by atoms with E-state index >= 15 is 0 Å². The van der Waals surface area contributed by atoms with E-state index in [2.05, 4.69) is 10.6 Å². The Bertz CT molecular complexity index is 716. The second kappa shape index (κ2) is 6.43. The number of amides is 2. The van der Waals surface area contributed by atoms with Crippen LogP contribution < -0.4 is 10.6 Å². The van der Waals surface area contributed by atoms with E-state index < -0.39 is 11.8 Å². The summed E-state index contributed by atoms with van der Waals surface area (Å²) in [7, 11) is 0. The van der Waals surface area contributed by atoms with Crippen molar-refractivity contribution in [1.82, 2.24) is 0 Å². The lowest BCUT2D eigenvalue weighted by atomic mass is 10.1. The van der Waals surface area contributed by atoms with Crippen LogP contribution in [0, 0.1) is 27.7 Å². The van der Waals surface area contributed by atoms with Crippen LogP contribution in [0.3, 0.4) is 0 Å². The molecule has 114 valence electrons. The molecule has 0 aliphatic carbocycles. The molecule has 0 heterocycles. The molecule has 0 spiro atoms. The third-order valence-electron chi connectivity index (χ3n) is 3.69. The highest BCUT2D eigenvalue weighted by atomic mass is 16.2. The van der Waals surface area contributed by atoms with Crippen LogP contribution in [-0.4, -0.2) is 11.8 Å². The van der Waals surface area contributed by atoms with Gasteiger partial charge in [0.25, 0.3) is 0 Å². The molecule has 0 aliphatic rings. The van der Waals surface area contributed by atoms with Crippen molar-refractivity contribution in [3.63, 3.8) is 0 Å². The van der Waals surface area contributed by atoms with Crippen LogP contribution in [0.25, 0.3) is 0 Å². The molecule has 2 N–H and O–H groups in total. The van der Waals surface area contributed by atoms with Gasteiger partial charge in [-0.3, -0.25) is 9.59 Å². The molecular formula is C18H20N2O2. The fourth-order valence-corrected chi connectivity index (χ4v) is 2.19. The zero-order valence-electron chi connectivity index (χ0n) is 13.3. The zero-order chi connectivity index (χ0) is 16.3. The van der Waals surface area contributed by atoms with Gasteiger partial charge in [0.2, 0.25) is 0 Å². The molecule has 0 saturated heterocycles. The lowest BCUT2D eigenvalue weighted by Crippen LogP contribution is -2.29. The van der Waals surface area contributed by atoms with E-state index in [-0.39, 0.29) is 0 Å². The molecule has 0 radical (unpaired) electrons. The van der Waals surface area contributed by atoms with Crippen molar-refractivity contribution < 1.29 is 9.59 Å². The summed E-state index contributed by atoms with van der Waals surface area (Å²) in [5, 5.41) is 5.29. The van der Waals surface area contributed by atoms with E-state index in [0.717, 1.165) is 22.3 Å². The molecule has 0 fully saturated rings. The molecule has 4 nitrogen and oxygen atoms in total. The second-order valence-electron chi connectivity index (χ2n) is 5.47. The third kappa shape index (κ3) is 3.52. The fraction of sp³-hybridized carbons (Fsp3) is 0.222. The Morgan fingerprint density at radius 3 is 1.91 bits per heavy atom. The van der Waals surface area contributed by atoms with Gasteiger partial charge in [-0.05, 0) is 62.1 Å². The minimum Gasteiger partial charge on any atom is -0.318 e. The molecule has 0 aliphatic heterocycles. The first-order valence-electron chi connectivity index (χ1n) is 7.14. The molecule has 2 aromatic rings. The van der Waals surface area contributed by atoms with Crippen molar-refractivity contribution in [3.05, 3.63) is 58.7 Å². The van der Waals surface area contributed by atoms with Gasteiger partial charge in [0.15, 0.2) is 0 Å². The van der Waals surface area contributed by atoms with Gasteiger partial charge in [-0.2, -0.15) is 0 Å². The first-order valence-corrected chi connectivity index (χ1v) is 7.14. The van der Waals surface area contributed by atoms with E-state index in [9.17, 15) is 9.59 Å². The lowest BCUT2D eigenvalue weighted by molar-refractivity contribution is -0.133. The van der Waals surface area contributed by atoms with E-state index in [0.29, 0.717) is 11.4 Å². The Balaban J connectivity index is 2.09. The zero-order valence-corrected chi connectivity index (χ0v) is 13.3. The average molecular weight is 296 g/mol. The van der Waals surface area contributed by atoms with Gasteiger partial charge >= 0.3 is 11.8 Å². The van der Waals surface area contributed by atoms with Crippen LogP contribution in [0.2, 0.25) is 0 Å². The van der Waals surface area contributed by atoms with Crippen molar-refractivity contribution in [3.8, 4) is 0 Å². The Morgan fingerprint density at radius 2 is 1.32 bits per heavy atom. The smallest absolute Gasteiger partial charge is 0.314 e. The minimum atomic E-state index is -0.675. The highest BCUT2D eigenvalue weighted by Crippen LogP contribution is 2.19. The van der Waals surface area contributed by atoms with Crippen LogP contribution in [0.15, 0.2) is 36.4 Å². The van der Waals surface area contributed by atoms with Crippen molar-refractivity contribution in [1.29, 1.82) is 0 Å². The summed E-state index contributed by atoms with van der Waals surface area (Å²) in [5.41, 5.74) is 5.35. The molecule has 0 bridgehead atoms. The predicted octanol–water partition coefficient (Wildman–Crippen LogP) is 3.50. The molecule has 2 rings (SSSR count). The molecule has 2 amide bonds. The summed E-state index contributed by atoms with van der Waals surface area (Å²) in [6.07, 6.45) is 0. The number of hydrogen-bond donors (Lipinski definition) is 2. The molecule has 0 aromatic heterocycles. The van der Waals surface area contributed by atoms with Crippen LogP contribution in [0.1, 0.15) is 22.3 Å². The van der Waals surface area contributed by atoms with Gasteiger partial charge < -0.3 is 10.6 Å². The monoisotopic (exact) mass is 296 g/mol. The summed E-state index contributed by atoms with van der Waals surface area (Å²) in [6.45, 7) is 7.74. The maximum absolute atomic E-state index is 12.0. The van der Waals surface area contributed by atoms with E-state index in [1.807, 2.05) is 58.0 Å². The Morgan fingerprint density at radius 1 is 0.727 bits per heavy atom. The number of nitrogens with one attached hydrogen (secondary N) is 2. The topological polar surface area (TPSA) is 58.2 Å². The van der Waals surface area contributed by atoms with Gasteiger partial charge in [0, 0.05) is 11.4 Å². The molecular weight excluding hydrogens is 276 g/mol. The lowest BCUT2D eigenvalue weighted by Gasteiger charge is -2.12. The molecule has 0 unspecified atom stereocenters. The summed E-state index contributed by atoms with van der Waals surface area (Å²) in [4.78, 5) is 24.1. The number of aryl methyl sites for hydroxylation is 4. The number of rotatable bonds is 2. The molecule has 22 heavy (non-hydrogen) atoms. The van der Waals surface area contributed by atoms with Crippen molar-refractivity contribution >= 4 is 23.2 Å². The molecule has 0 saturated carbocycles. The Labute approximate surface area is 130 Å². The first-order chi connectivity index (χ1) is 10.4. The van der Waals surface area contributed by atoms with Crippen LogP contribution in [0.5, 0.6) is 0 Å². The summed E-state index contributed by atoms with van der Waals surface area (Å²) in [6, 6.07) is 11.2. The van der Waals surface area contributed by atoms with Gasteiger partial charge in [0.1, 0.15) is 0 Å². The van der Waals surface area contributed by atoms with Crippen molar-refractivity contribution in [2.45, 2.75) is 27.7 Å². The Kier molecular flexibility index (Phi) is 4.61. The number of benzene rings is 2. The standard InChI is InChI=1S/C18H20N2O2/c1-11-8-9-15(10-14(11)4)19-17(21)18(22)20-16-12(2)6-5-7-13(16)3/h5-10H,1-4H3,(H,19,21)(H,20,22). The second-order valence-corrected chi connectivity index (χ2v) is 5.47. The largest absolute Gasteiger partial charge is 0.318 e. The third-order valence-corrected chi connectivity index (χ3v) is 3.69. The SMILES string of the molecule is Cc1ccc(NC(=O)C(=O)Nc2c(C)cccc2C)cc1C. The maximum atomic E-state index is 12.0. The number of carbonyl (C=O) groups excluding carboxylic acids is 2. The van der Waals surface area contributed by atoms with E-state index in [1.165, 1.54) is 0 Å². The number of anilines is 2. The highest BCUT2D eigenvalue weighted by Gasteiger charge is 2.16. The normalized spacial score (nSPS) is 10.2. The number of hydrogen-bond acceptors (Lipinski definition) is 2. The van der Waals surface area contributed by atoms with E-state index in [1.54, 1.807) is 6.07 Å². The fourth-order valence-electron chi connectivity index (χ4n) is 2.19. The summed E-state index contributed by atoms with van der Waals surface area (Å²) < 4.78 is 0. The molecule has 4 heteroatoms. The maximum Gasteiger partial charge on any atom is 0.314 e. The van der Waals surface area contributed by atoms with Crippen LogP contribution in [0.4, 0.5) is 11.4 Å². The number of carbonyl (C=O) groups is 2. The summed E-state index contributed by atoms with van der Waals surface area (Å²) in [5.74, 6) is -1.35. The summed E-state index contributed by atoms with van der Waals surface area (Å²) >= 11 is 0. The number of para-hydroxylation sites is 1. The van der Waals surface area contributed by atoms with Crippen LogP contribution >= 0.6 is 0 Å². The Hall–Kier alpha value is -2.62. The minimum absolute atomic E-state index is 0.616. The van der Waals surface area contributed by atoms with Crippen LogP contribution in [-0.2, 0) is 9.59 Å². The van der Waals surface area contributed by atoms with Gasteiger partial charge in [-0.1, -0.05) is 24.3 Å². The van der Waals surface area contributed by atoms with Gasteiger partial charge in [-0.25, -0.2) is 0 Å².